The summed E-state index contributed by atoms with van der Waals surface area (Å²) in [5.74, 6) is 0.622. The zero-order chi connectivity index (χ0) is 19.5. The van der Waals surface area contributed by atoms with E-state index in [1.54, 1.807) is 0 Å². The van der Waals surface area contributed by atoms with Gasteiger partial charge in [0.05, 0.1) is 0 Å². The second kappa shape index (κ2) is 8.20. The summed E-state index contributed by atoms with van der Waals surface area (Å²) < 4.78 is 38.6. The molecule has 0 fully saturated rings. The fourth-order valence-corrected chi connectivity index (χ4v) is 2.68. The molecule has 2 rings (SSSR count). The van der Waals surface area contributed by atoms with Gasteiger partial charge in [-0.15, -0.1) is 0 Å². The molecule has 0 spiro atoms. The molecule has 146 valence electrons. The third kappa shape index (κ3) is 5.55. The molecule has 26 heavy (non-hydrogen) atoms. The molecule has 1 aromatic heterocycles. The molecule has 1 aliphatic rings. The van der Waals surface area contributed by atoms with Crippen molar-refractivity contribution in [2.75, 3.05) is 24.7 Å². The first-order valence-electron chi connectivity index (χ1n) is 8.79. The van der Waals surface area contributed by atoms with Gasteiger partial charge < -0.3 is 15.5 Å². The summed E-state index contributed by atoms with van der Waals surface area (Å²) in [6.07, 6.45) is 0.529. The zero-order valence-corrected chi connectivity index (χ0v) is 15.9. The predicted octanol–water partition coefficient (Wildman–Crippen LogP) is 3.55. The lowest BCUT2D eigenvalue weighted by atomic mass is 9.94. The Hall–Kier alpha value is -1.90. The normalized spacial score (nSPS) is 19.5. The molecule has 0 saturated carbocycles. The molecule has 6 nitrogen and oxygen atoms in total. The van der Waals surface area contributed by atoms with Crippen molar-refractivity contribution in [2.24, 2.45) is 0 Å². The number of aromatic nitrogens is 3. The summed E-state index contributed by atoms with van der Waals surface area (Å²) in [6, 6.07) is -1.44. The highest BCUT2D eigenvalue weighted by atomic mass is 19.4. The number of halogens is 3. The Bertz CT molecular complexity index is 642. The number of hydrogen-bond donors (Lipinski definition) is 2. The monoisotopic (exact) mass is 372 g/mol. The van der Waals surface area contributed by atoms with Crippen molar-refractivity contribution in [2.45, 2.75) is 64.3 Å². The molecular formula is C17H27F3N6. The fourth-order valence-electron chi connectivity index (χ4n) is 2.68. The smallest absolute Gasteiger partial charge is 0.352 e. The van der Waals surface area contributed by atoms with E-state index in [9.17, 15) is 13.2 Å². The van der Waals surface area contributed by atoms with Gasteiger partial charge in [-0.3, -0.25) is 0 Å². The third-order valence-corrected chi connectivity index (χ3v) is 4.18. The molecule has 0 aliphatic heterocycles. The van der Waals surface area contributed by atoms with Crippen LogP contribution in [0, 0.1) is 0 Å². The van der Waals surface area contributed by atoms with Crippen molar-refractivity contribution in [3.63, 3.8) is 0 Å². The van der Waals surface area contributed by atoms with Crippen LogP contribution < -0.4 is 10.6 Å². The molecule has 1 aliphatic carbocycles. The summed E-state index contributed by atoms with van der Waals surface area (Å²) in [6.45, 7) is 4.87. The van der Waals surface area contributed by atoms with Crippen molar-refractivity contribution in [3.05, 3.63) is 11.9 Å². The molecule has 0 amide bonds. The number of hydrogen-bond acceptors (Lipinski definition) is 6. The first-order valence-corrected chi connectivity index (χ1v) is 8.79. The van der Waals surface area contributed by atoms with Crippen LogP contribution in [0.3, 0.4) is 0 Å². The highest BCUT2D eigenvalue weighted by Crippen LogP contribution is 2.28. The third-order valence-electron chi connectivity index (χ3n) is 4.18. The van der Waals surface area contributed by atoms with Gasteiger partial charge in [-0.2, -0.15) is 28.1 Å². The first-order chi connectivity index (χ1) is 12.1. The number of nitrogens with one attached hydrogen (secondary N) is 2. The second-order valence-corrected chi connectivity index (χ2v) is 7.13. The molecular weight excluding hydrogens is 345 g/mol. The molecule has 9 heteroatoms. The van der Waals surface area contributed by atoms with Gasteiger partial charge in [0.2, 0.25) is 11.9 Å². The average molecular weight is 372 g/mol. The minimum Gasteiger partial charge on any atom is -0.352 e. The highest BCUT2D eigenvalue weighted by molar-refractivity contribution is 5.63. The van der Waals surface area contributed by atoms with Crippen LogP contribution in [-0.4, -0.2) is 58.2 Å². The summed E-state index contributed by atoms with van der Waals surface area (Å²) in [5, 5.41) is 5.39. The number of rotatable bonds is 6. The maximum absolute atomic E-state index is 12.9. The molecule has 1 heterocycles. The van der Waals surface area contributed by atoms with E-state index < -0.39 is 12.2 Å². The Kier molecular flexibility index (Phi) is 6.44. The molecule has 2 N–H and O–H groups in total. The number of alkyl halides is 3. The van der Waals surface area contributed by atoms with E-state index in [2.05, 4.69) is 36.6 Å². The van der Waals surface area contributed by atoms with E-state index in [1.807, 2.05) is 27.9 Å². The molecule has 0 radical (unpaired) electrons. The van der Waals surface area contributed by atoms with Crippen molar-refractivity contribution >= 4 is 17.5 Å². The van der Waals surface area contributed by atoms with Crippen molar-refractivity contribution in [1.82, 2.24) is 19.9 Å². The lowest BCUT2D eigenvalue weighted by Crippen LogP contribution is -2.34. The molecule has 1 unspecified atom stereocenters. The maximum atomic E-state index is 12.9. The van der Waals surface area contributed by atoms with Crippen LogP contribution >= 0.6 is 0 Å². The maximum Gasteiger partial charge on any atom is 0.408 e. The van der Waals surface area contributed by atoms with Gasteiger partial charge in [-0.05, 0) is 59.7 Å². The molecule has 0 aromatic carbocycles. The van der Waals surface area contributed by atoms with Crippen LogP contribution in [-0.2, 0) is 0 Å². The average Bonchev–Trinajstić information content (AvgIpc) is 2.53. The highest BCUT2D eigenvalue weighted by Gasteiger charge is 2.36. The van der Waals surface area contributed by atoms with Crippen LogP contribution in [0.5, 0.6) is 0 Å². The second-order valence-electron chi connectivity index (χ2n) is 7.13. The van der Waals surface area contributed by atoms with Crippen LogP contribution in [0.2, 0.25) is 0 Å². The number of likely N-dealkylation sites (N-methyl/N-ethyl adjacent to an activating group) is 1. The predicted molar refractivity (Wildman–Crippen MR) is 97.0 cm³/mol. The minimum absolute atomic E-state index is 0.0491. The minimum atomic E-state index is -4.38. The lowest BCUT2D eigenvalue weighted by Gasteiger charge is -2.26. The fraction of sp³-hybridized carbons (Fsp3) is 0.706. The first kappa shape index (κ1) is 20.4. The van der Waals surface area contributed by atoms with E-state index in [1.165, 1.54) is 0 Å². The summed E-state index contributed by atoms with van der Waals surface area (Å²) in [7, 11) is 4.00. The summed E-state index contributed by atoms with van der Waals surface area (Å²) in [4.78, 5) is 14.9. The zero-order valence-electron chi connectivity index (χ0n) is 15.9. The van der Waals surface area contributed by atoms with Crippen LogP contribution in [0.1, 0.15) is 45.9 Å². The summed E-state index contributed by atoms with van der Waals surface area (Å²) >= 11 is 0. The molecule has 2 atom stereocenters. The Balaban J connectivity index is 2.37. The van der Waals surface area contributed by atoms with Gasteiger partial charge in [-0.25, -0.2) is 0 Å². The Labute approximate surface area is 152 Å². The Morgan fingerprint density at radius 3 is 2.23 bits per heavy atom. The van der Waals surface area contributed by atoms with Crippen molar-refractivity contribution < 1.29 is 13.2 Å². The standard InChI is InChI=1S/C17H27F3N6/c1-10(2)21-15-23-14(12-7-6-8-13(9-12)26(4)5)24-16(25-15)22-11(3)17(18,19)20/h9-11,13H,6-8H2,1-5H3,(H2,21,22,23,24,25)/t11-,13?/m1/s1. The van der Waals surface area contributed by atoms with Gasteiger partial charge in [-0.1, -0.05) is 6.08 Å². The van der Waals surface area contributed by atoms with Crippen LogP contribution in [0.15, 0.2) is 6.08 Å². The largest absolute Gasteiger partial charge is 0.408 e. The van der Waals surface area contributed by atoms with Crippen LogP contribution in [0.25, 0.3) is 5.57 Å². The van der Waals surface area contributed by atoms with Crippen molar-refractivity contribution in [1.29, 1.82) is 0 Å². The van der Waals surface area contributed by atoms with Crippen LogP contribution in [0.4, 0.5) is 25.1 Å². The summed E-state index contributed by atoms with van der Waals surface area (Å²) in [5.41, 5.74) is 0.937. The van der Waals surface area contributed by atoms with Gasteiger partial charge in [0.1, 0.15) is 6.04 Å². The quantitative estimate of drug-likeness (QED) is 0.796. The van der Waals surface area contributed by atoms with Gasteiger partial charge in [0.25, 0.3) is 0 Å². The van der Waals surface area contributed by atoms with Gasteiger partial charge in [0, 0.05) is 12.1 Å². The van der Waals surface area contributed by atoms with Gasteiger partial charge in [0.15, 0.2) is 5.82 Å². The van der Waals surface area contributed by atoms with E-state index in [0.29, 0.717) is 5.82 Å². The van der Waals surface area contributed by atoms with E-state index in [-0.39, 0.29) is 24.0 Å². The number of nitrogens with zero attached hydrogens (tertiary/aromatic N) is 4. The number of anilines is 2. The Morgan fingerprint density at radius 2 is 1.69 bits per heavy atom. The van der Waals surface area contributed by atoms with Gasteiger partial charge >= 0.3 is 6.18 Å². The number of allylic oxidation sites excluding steroid dienone is 1. The van der Waals surface area contributed by atoms with E-state index >= 15 is 0 Å². The van der Waals surface area contributed by atoms with Crippen molar-refractivity contribution in [3.8, 4) is 0 Å². The SMILES string of the molecule is CC(C)Nc1nc(N[C@H](C)C(F)(F)F)nc(C2=CC(N(C)C)CCC2)n1. The van der Waals surface area contributed by atoms with E-state index in [4.69, 9.17) is 0 Å². The lowest BCUT2D eigenvalue weighted by molar-refractivity contribution is -0.138. The van der Waals surface area contributed by atoms with E-state index in [0.717, 1.165) is 31.8 Å². The molecule has 1 aromatic rings. The molecule has 0 saturated heterocycles. The topological polar surface area (TPSA) is 66.0 Å². The molecule has 0 bridgehead atoms. The Morgan fingerprint density at radius 1 is 1.08 bits per heavy atom.